The van der Waals surface area contributed by atoms with Crippen molar-refractivity contribution < 1.29 is 19.3 Å². The molecular weight excluding hydrogens is 244 g/mol. The van der Waals surface area contributed by atoms with E-state index in [0.29, 0.717) is 31.7 Å². The Bertz CT molecular complexity index is 426. The molecule has 0 saturated heterocycles. The lowest BCUT2D eigenvalue weighted by molar-refractivity contribution is -0.00712. The molecule has 1 saturated carbocycles. The molecule has 0 radical (unpaired) electrons. The van der Waals surface area contributed by atoms with Gasteiger partial charge in [0, 0.05) is 0 Å². The monoisotopic (exact) mass is 264 g/mol. The van der Waals surface area contributed by atoms with Gasteiger partial charge in [-0.15, -0.1) is 0 Å². The van der Waals surface area contributed by atoms with Crippen LogP contribution in [0, 0.1) is 0 Å². The minimum absolute atomic E-state index is 0.326. The fourth-order valence-electron chi connectivity index (χ4n) is 2.65. The van der Waals surface area contributed by atoms with Crippen LogP contribution in [0.25, 0.3) is 0 Å². The van der Waals surface area contributed by atoms with Crippen molar-refractivity contribution in [3.8, 4) is 11.5 Å². The highest BCUT2D eigenvalue weighted by Crippen LogP contribution is 2.33. The van der Waals surface area contributed by atoms with Crippen molar-refractivity contribution in [3.05, 3.63) is 23.8 Å². The molecule has 1 unspecified atom stereocenters. The van der Waals surface area contributed by atoms with Crippen LogP contribution in [0.2, 0.25) is 0 Å². The molecule has 19 heavy (non-hydrogen) atoms. The van der Waals surface area contributed by atoms with Crippen LogP contribution < -0.4 is 9.47 Å². The van der Waals surface area contributed by atoms with Gasteiger partial charge in [-0.3, -0.25) is 0 Å². The Morgan fingerprint density at radius 2 is 1.89 bits per heavy atom. The molecule has 4 nitrogen and oxygen atoms in total. The fourth-order valence-corrected chi connectivity index (χ4v) is 2.65. The highest BCUT2D eigenvalue weighted by Gasteiger charge is 2.19. The first-order chi connectivity index (χ1) is 9.33. The topological polar surface area (TPSA) is 47.9 Å². The van der Waals surface area contributed by atoms with E-state index in [9.17, 15) is 5.11 Å². The second kappa shape index (κ2) is 5.80. The van der Waals surface area contributed by atoms with E-state index >= 15 is 0 Å². The van der Waals surface area contributed by atoms with Crippen LogP contribution >= 0.6 is 0 Å². The Labute approximate surface area is 113 Å². The third-order valence-electron chi connectivity index (χ3n) is 3.74. The molecule has 1 N–H and O–H groups in total. The zero-order valence-electron chi connectivity index (χ0n) is 11.0. The number of aliphatic hydroxyl groups excluding tert-OH is 1. The minimum Gasteiger partial charge on any atom is -0.486 e. The second-order valence-corrected chi connectivity index (χ2v) is 5.16. The average Bonchev–Trinajstić information content (AvgIpc) is 2.97. The van der Waals surface area contributed by atoms with Crippen molar-refractivity contribution in [2.75, 3.05) is 19.8 Å². The van der Waals surface area contributed by atoms with Gasteiger partial charge >= 0.3 is 0 Å². The van der Waals surface area contributed by atoms with E-state index < -0.39 is 6.10 Å². The van der Waals surface area contributed by atoms with Crippen LogP contribution in [-0.4, -0.2) is 31.0 Å². The summed E-state index contributed by atoms with van der Waals surface area (Å²) in [6.45, 7) is 1.50. The number of hydrogen-bond donors (Lipinski definition) is 1. The summed E-state index contributed by atoms with van der Waals surface area (Å²) in [5.74, 6) is 1.46. The predicted molar refractivity (Wildman–Crippen MR) is 70.6 cm³/mol. The van der Waals surface area contributed by atoms with Gasteiger partial charge in [0.05, 0.1) is 12.7 Å². The number of fused-ring (bicyclic) bond motifs is 1. The summed E-state index contributed by atoms with van der Waals surface area (Å²) in [6, 6.07) is 5.57. The van der Waals surface area contributed by atoms with Gasteiger partial charge < -0.3 is 19.3 Å². The summed E-state index contributed by atoms with van der Waals surface area (Å²) in [7, 11) is 0. The number of hydrogen-bond acceptors (Lipinski definition) is 4. The zero-order valence-corrected chi connectivity index (χ0v) is 11.0. The van der Waals surface area contributed by atoms with Gasteiger partial charge in [0.2, 0.25) is 0 Å². The van der Waals surface area contributed by atoms with Crippen molar-refractivity contribution in [2.24, 2.45) is 0 Å². The molecular formula is C15H20O4. The molecule has 1 heterocycles. The van der Waals surface area contributed by atoms with Gasteiger partial charge in [0.15, 0.2) is 11.5 Å². The molecule has 2 aliphatic rings. The lowest BCUT2D eigenvalue weighted by Gasteiger charge is -2.21. The van der Waals surface area contributed by atoms with Crippen molar-refractivity contribution in [1.29, 1.82) is 0 Å². The Hall–Kier alpha value is -1.26. The maximum absolute atomic E-state index is 10.2. The molecule has 0 aromatic heterocycles. The molecule has 1 aliphatic carbocycles. The van der Waals surface area contributed by atoms with Gasteiger partial charge in [-0.2, -0.15) is 0 Å². The summed E-state index contributed by atoms with van der Waals surface area (Å²) in [6.07, 6.45) is 4.44. The van der Waals surface area contributed by atoms with Gasteiger partial charge in [0.1, 0.15) is 19.3 Å². The fraction of sp³-hybridized carbons (Fsp3) is 0.600. The van der Waals surface area contributed by atoms with Crippen LogP contribution in [0.15, 0.2) is 18.2 Å². The smallest absolute Gasteiger partial charge is 0.161 e. The first kappa shape index (κ1) is 12.8. The van der Waals surface area contributed by atoms with E-state index in [-0.39, 0.29) is 0 Å². The predicted octanol–water partition coefficient (Wildman–Crippen LogP) is 2.45. The molecule has 0 amide bonds. The van der Waals surface area contributed by atoms with E-state index in [4.69, 9.17) is 14.2 Å². The first-order valence-electron chi connectivity index (χ1n) is 7.02. The summed E-state index contributed by atoms with van der Waals surface area (Å²) in [5, 5.41) is 10.2. The quantitative estimate of drug-likeness (QED) is 0.907. The number of rotatable bonds is 4. The summed E-state index contributed by atoms with van der Waals surface area (Å²) < 4.78 is 16.7. The Morgan fingerprint density at radius 3 is 2.68 bits per heavy atom. The van der Waals surface area contributed by atoms with Gasteiger partial charge in [-0.25, -0.2) is 0 Å². The summed E-state index contributed by atoms with van der Waals surface area (Å²) in [4.78, 5) is 0. The molecule has 104 valence electrons. The molecule has 1 fully saturated rings. The van der Waals surface area contributed by atoms with Crippen molar-refractivity contribution >= 4 is 0 Å². The SMILES string of the molecule is OC(COC1CCCC1)c1ccc2c(c1)OCCO2. The molecule has 0 bridgehead atoms. The summed E-state index contributed by atoms with van der Waals surface area (Å²) in [5.41, 5.74) is 0.822. The van der Waals surface area contributed by atoms with E-state index in [1.807, 2.05) is 18.2 Å². The van der Waals surface area contributed by atoms with Crippen LogP contribution in [0.4, 0.5) is 0 Å². The van der Waals surface area contributed by atoms with Gasteiger partial charge in [-0.1, -0.05) is 18.9 Å². The van der Waals surface area contributed by atoms with E-state index in [2.05, 4.69) is 0 Å². The van der Waals surface area contributed by atoms with Crippen molar-refractivity contribution in [3.63, 3.8) is 0 Å². The van der Waals surface area contributed by atoms with Crippen molar-refractivity contribution in [1.82, 2.24) is 0 Å². The van der Waals surface area contributed by atoms with Crippen LogP contribution in [0.1, 0.15) is 37.4 Å². The van der Waals surface area contributed by atoms with E-state index in [1.165, 1.54) is 12.8 Å². The average molecular weight is 264 g/mol. The maximum Gasteiger partial charge on any atom is 0.161 e. The third-order valence-corrected chi connectivity index (χ3v) is 3.74. The molecule has 1 aromatic rings. The van der Waals surface area contributed by atoms with Crippen LogP contribution in [-0.2, 0) is 4.74 Å². The summed E-state index contributed by atoms with van der Waals surface area (Å²) >= 11 is 0. The van der Waals surface area contributed by atoms with Gasteiger partial charge in [-0.05, 0) is 30.5 Å². The highest BCUT2D eigenvalue weighted by molar-refractivity contribution is 5.44. The minimum atomic E-state index is -0.601. The first-order valence-corrected chi connectivity index (χ1v) is 7.02. The maximum atomic E-state index is 10.2. The Kier molecular flexibility index (Phi) is 3.89. The molecule has 0 spiro atoms. The van der Waals surface area contributed by atoms with Crippen molar-refractivity contribution in [2.45, 2.75) is 37.9 Å². The Balaban J connectivity index is 1.60. The van der Waals surface area contributed by atoms with E-state index in [0.717, 1.165) is 24.2 Å². The molecule has 4 heteroatoms. The third kappa shape index (κ3) is 3.01. The zero-order chi connectivity index (χ0) is 13.1. The second-order valence-electron chi connectivity index (χ2n) is 5.16. The van der Waals surface area contributed by atoms with Gasteiger partial charge in [0.25, 0.3) is 0 Å². The molecule has 3 rings (SSSR count). The number of aliphatic hydroxyl groups is 1. The normalized spacial score (nSPS) is 20.5. The largest absolute Gasteiger partial charge is 0.486 e. The van der Waals surface area contributed by atoms with E-state index in [1.54, 1.807) is 0 Å². The molecule has 1 aromatic carbocycles. The standard InChI is InChI=1S/C15H20O4/c16-13(10-19-12-3-1-2-4-12)11-5-6-14-15(9-11)18-8-7-17-14/h5-6,9,12-13,16H,1-4,7-8,10H2. The van der Waals surface area contributed by atoms with Crippen LogP contribution in [0.3, 0.4) is 0 Å². The lowest BCUT2D eigenvalue weighted by atomic mass is 10.1. The highest BCUT2D eigenvalue weighted by atomic mass is 16.6. The lowest BCUT2D eigenvalue weighted by Crippen LogP contribution is -2.17. The molecule has 1 atom stereocenters. The number of ether oxygens (including phenoxy) is 3. The van der Waals surface area contributed by atoms with Crippen LogP contribution in [0.5, 0.6) is 11.5 Å². The Morgan fingerprint density at radius 1 is 1.16 bits per heavy atom. The number of benzene rings is 1. The molecule has 1 aliphatic heterocycles.